The third-order valence-corrected chi connectivity index (χ3v) is 5.65. The number of hydrogen-bond acceptors (Lipinski definition) is 3. The van der Waals surface area contributed by atoms with Gasteiger partial charge < -0.3 is 15.0 Å². The van der Waals surface area contributed by atoms with E-state index >= 15 is 0 Å². The molecular formula is C23H24N2O3. The van der Waals surface area contributed by atoms with E-state index in [9.17, 15) is 9.59 Å². The van der Waals surface area contributed by atoms with Gasteiger partial charge in [0.05, 0.1) is 5.54 Å². The van der Waals surface area contributed by atoms with Crippen molar-refractivity contribution in [2.45, 2.75) is 38.8 Å². The summed E-state index contributed by atoms with van der Waals surface area (Å²) in [5.41, 5.74) is 4.32. The molecule has 0 fully saturated rings. The Bertz CT molecular complexity index is 1020. The van der Waals surface area contributed by atoms with Gasteiger partial charge in [0, 0.05) is 23.2 Å². The number of alkyl carbamates (subject to hydrolysis) is 1. The molecule has 2 aliphatic carbocycles. The van der Waals surface area contributed by atoms with Crippen LogP contribution in [0.15, 0.2) is 70.6 Å². The first kappa shape index (κ1) is 18.3. The normalized spacial score (nSPS) is 24.3. The van der Waals surface area contributed by atoms with Crippen LogP contribution in [0.4, 0.5) is 4.79 Å². The Morgan fingerprint density at radius 3 is 2.82 bits per heavy atom. The van der Waals surface area contributed by atoms with Gasteiger partial charge in [-0.25, -0.2) is 4.79 Å². The molecule has 4 rings (SSSR count). The van der Waals surface area contributed by atoms with Crippen molar-refractivity contribution in [1.29, 1.82) is 0 Å². The van der Waals surface area contributed by atoms with Gasteiger partial charge >= 0.3 is 6.09 Å². The summed E-state index contributed by atoms with van der Waals surface area (Å²) in [6.45, 7) is 4.30. The molecule has 5 heteroatoms. The molecule has 2 aliphatic rings. The molecule has 1 amide bonds. The van der Waals surface area contributed by atoms with Gasteiger partial charge in [0.2, 0.25) is 5.56 Å². The number of pyridine rings is 1. The highest BCUT2D eigenvalue weighted by Gasteiger charge is 2.48. The average Bonchev–Trinajstić information content (AvgIpc) is 2.66. The molecule has 0 radical (unpaired) electrons. The maximum Gasteiger partial charge on any atom is 0.408 e. The Morgan fingerprint density at radius 2 is 2.07 bits per heavy atom. The van der Waals surface area contributed by atoms with E-state index in [4.69, 9.17) is 4.74 Å². The van der Waals surface area contributed by atoms with E-state index < -0.39 is 11.6 Å². The van der Waals surface area contributed by atoms with Crippen LogP contribution in [-0.2, 0) is 23.3 Å². The van der Waals surface area contributed by atoms with E-state index in [1.54, 1.807) is 0 Å². The monoisotopic (exact) mass is 376 g/mol. The molecule has 1 heterocycles. The van der Waals surface area contributed by atoms with Crippen LogP contribution in [0, 0.1) is 5.92 Å². The standard InChI is InChI=1S/C23H24N2O3/c1-3-18-17-11-15(2)13-23(18,19-9-10-21(26)24-20(19)12-17)25-22(27)28-14-16-7-5-4-6-8-16/h3-11,17H,12-14H2,1-2H3,(H,24,26)(H,25,27)/b18-3+. The number of H-pyrrole nitrogens is 1. The zero-order valence-corrected chi connectivity index (χ0v) is 16.1. The number of carbonyl (C=O) groups is 1. The predicted molar refractivity (Wildman–Crippen MR) is 108 cm³/mol. The zero-order valence-electron chi connectivity index (χ0n) is 16.1. The summed E-state index contributed by atoms with van der Waals surface area (Å²) in [6, 6.07) is 13.0. The van der Waals surface area contributed by atoms with Crippen LogP contribution in [-0.4, -0.2) is 11.1 Å². The number of carbonyl (C=O) groups excluding carboxylic acids is 1. The van der Waals surface area contributed by atoms with Gasteiger partial charge in [-0.3, -0.25) is 4.79 Å². The molecule has 0 saturated heterocycles. The highest BCUT2D eigenvalue weighted by molar-refractivity contribution is 5.71. The van der Waals surface area contributed by atoms with E-state index in [1.807, 2.05) is 43.3 Å². The zero-order chi connectivity index (χ0) is 19.7. The van der Waals surface area contributed by atoms with Crippen molar-refractivity contribution in [2.75, 3.05) is 0 Å². The van der Waals surface area contributed by atoms with Crippen LogP contribution in [0.25, 0.3) is 0 Å². The van der Waals surface area contributed by atoms with Gasteiger partial charge in [0.25, 0.3) is 0 Å². The summed E-state index contributed by atoms with van der Waals surface area (Å²) in [4.78, 5) is 27.6. The van der Waals surface area contributed by atoms with Crippen molar-refractivity contribution in [3.8, 4) is 0 Å². The largest absolute Gasteiger partial charge is 0.445 e. The van der Waals surface area contributed by atoms with Crippen molar-refractivity contribution in [3.63, 3.8) is 0 Å². The topological polar surface area (TPSA) is 71.2 Å². The fourth-order valence-electron chi connectivity index (χ4n) is 4.62. The van der Waals surface area contributed by atoms with E-state index in [1.165, 1.54) is 11.6 Å². The van der Waals surface area contributed by atoms with E-state index in [2.05, 4.69) is 29.4 Å². The summed E-state index contributed by atoms with van der Waals surface area (Å²) in [5, 5.41) is 3.15. The summed E-state index contributed by atoms with van der Waals surface area (Å²) >= 11 is 0. The summed E-state index contributed by atoms with van der Waals surface area (Å²) in [6.07, 6.45) is 5.24. The Morgan fingerprint density at radius 1 is 1.29 bits per heavy atom. The molecule has 2 N–H and O–H groups in total. The molecule has 0 spiro atoms. The smallest absolute Gasteiger partial charge is 0.408 e. The van der Waals surface area contributed by atoms with Crippen LogP contribution in [0.5, 0.6) is 0 Å². The number of aromatic amines is 1. The molecular weight excluding hydrogens is 352 g/mol. The minimum atomic E-state index is -0.691. The molecule has 1 aromatic carbocycles. The summed E-state index contributed by atoms with van der Waals surface area (Å²) < 4.78 is 5.52. The third-order valence-electron chi connectivity index (χ3n) is 5.65. The molecule has 2 atom stereocenters. The molecule has 2 unspecified atom stereocenters. The van der Waals surface area contributed by atoms with Gasteiger partial charge in [-0.05, 0) is 43.9 Å². The highest BCUT2D eigenvalue weighted by Crippen LogP contribution is 2.49. The van der Waals surface area contributed by atoms with Crippen LogP contribution < -0.4 is 10.9 Å². The van der Waals surface area contributed by atoms with Crippen molar-refractivity contribution in [2.24, 2.45) is 5.92 Å². The summed E-state index contributed by atoms with van der Waals surface area (Å²) in [7, 11) is 0. The van der Waals surface area contributed by atoms with Crippen LogP contribution in [0.3, 0.4) is 0 Å². The lowest BCUT2D eigenvalue weighted by atomic mass is 9.63. The number of ether oxygens (including phenoxy) is 1. The van der Waals surface area contributed by atoms with Crippen molar-refractivity contribution >= 4 is 6.09 Å². The quantitative estimate of drug-likeness (QED) is 0.797. The van der Waals surface area contributed by atoms with E-state index in [0.717, 1.165) is 28.8 Å². The molecule has 2 aromatic rings. The minimum Gasteiger partial charge on any atom is -0.445 e. The van der Waals surface area contributed by atoms with Gasteiger partial charge in [0.1, 0.15) is 6.61 Å². The summed E-state index contributed by atoms with van der Waals surface area (Å²) in [5.74, 6) is 0.152. The number of nitrogens with one attached hydrogen (secondary N) is 2. The van der Waals surface area contributed by atoms with Crippen LogP contribution in [0.2, 0.25) is 0 Å². The molecule has 5 nitrogen and oxygen atoms in total. The predicted octanol–water partition coefficient (Wildman–Crippen LogP) is 3.97. The van der Waals surface area contributed by atoms with Gasteiger partial charge in [-0.2, -0.15) is 0 Å². The number of aromatic nitrogens is 1. The molecule has 0 saturated carbocycles. The lowest BCUT2D eigenvalue weighted by molar-refractivity contribution is 0.126. The van der Waals surface area contributed by atoms with Crippen molar-refractivity contribution in [3.05, 3.63) is 92.9 Å². The molecule has 28 heavy (non-hydrogen) atoms. The SMILES string of the molecule is C/C=C1\C2C=C(C)CC1(NC(=O)OCc1ccccc1)c1ccc(=O)[nH]c1C2. The first-order chi connectivity index (χ1) is 13.5. The third kappa shape index (κ3) is 3.17. The van der Waals surface area contributed by atoms with Crippen molar-refractivity contribution < 1.29 is 9.53 Å². The van der Waals surface area contributed by atoms with Crippen LogP contribution in [0.1, 0.15) is 37.1 Å². The Balaban J connectivity index is 1.68. The first-order valence-corrected chi connectivity index (χ1v) is 9.57. The second-order valence-electron chi connectivity index (χ2n) is 7.55. The second kappa shape index (κ2) is 7.15. The highest BCUT2D eigenvalue weighted by atomic mass is 16.5. The lowest BCUT2D eigenvalue weighted by Crippen LogP contribution is -2.53. The fourth-order valence-corrected chi connectivity index (χ4v) is 4.62. The lowest BCUT2D eigenvalue weighted by Gasteiger charge is -2.47. The van der Waals surface area contributed by atoms with Gasteiger partial charge in [-0.1, -0.05) is 48.1 Å². The maximum absolute atomic E-state index is 12.8. The number of amides is 1. The maximum atomic E-state index is 12.8. The molecule has 0 aliphatic heterocycles. The number of fused-ring (bicyclic) bond motifs is 4. The number of rotatable bonds is 3. The minimum absolute atomic E-state index is 0.122. The molecule has 2 bridgehead atoms. The second-order valence-corrected chi connectivity index (χ2v) is 7.55. The Kier molecular flexibility index (Phi) is 4.67. The molecule has 144 valence electrons. The van der Waals surface area contributed by atoms with E-state index in [0.29, 0.717) is 6.42 Å². The van der Waals surface area contributed by atoms with Crippen molar-refractivity contribution in [1.82, 2.24) is 10.3 Å². The Hall–Kier alpha value is -3.08. The number of hydrogen-bond donors (Lipinski definition) is 2. The van der Waals surface area contributed by atoms with E-state index in [-0.39, 0.29) is 18.1 Å². The van der Waals surface area contributed by atoms with Gasteiger partial charge in [-0.15, -0.1) is 0 Å². The average molecular weight is 376 g/mol. The molecule has 1 aromatic heterocycles. The number of benzene rings is 1. The Labute approximate surface area is 164 Å². The number of allylic oxidation sites excluding steroid dienone is 2. The first-order valence-electron chi connectivity index (χ1n) is 9.57. The fraction of sp³-hybridized carbons (Fsp3) is 0.304. The van der Waals surface area contributed by atoms with Crippen LogP contribution >= 0.6 is 0 Å². The van der Waals surface area contributed by atoms with Gasteiger partial charge in [0.15, 0.2) is 0 Å².